The molecule has 1 atom stereocenters. The van der Waals surface area contributed by atoms with Crippen molar-refractivity contribution in [1.82, 2.24) is 9.47 Å². The molecule has 6 nitrogen and oxygen atoms in total. The number of aryl methyl sites for hydroxylation is 1. The van der Waals surface area contributed by atoms with E-state index in [1.54, 1.807) is 9.95 Å². The number of aromatic nitrogens is 1. The summed E-state index contributed by atoms with van der Waals surface area (Å²) in [5, 5.41) is 10.8. The summed E-state index contributed by atoms with van der Waals surface area (Å²) < 4.78 is 1.55. The van der Waals surface area contributed by atoms with Crippen LogP contribution in [0.1, 0.15) is 25.0 Å². The Labute approximate surface area is 114 Å². The topological polar surface area (TPSA) is 79.6 Å². The molecule has 2 rings (SSSR count). The Morgan fingerprint density at radius 2 is 2.26 bits per heavy atom. The summed E-state index contributed by atoms with van der Waals surface area (Å²) in [6.07, 6.45) is 1.40. The smallest absolute Gasteiger partial charge is 0.326 e. The molecule has 1 aromatic heterocycles. The first-order valence-corrected chi connectivity index (χ1v) is 7.06. The van der Waals surface area contributed by atoms with Gasteiger partial charge in [-0.15, -0.1) is 0 Å². The molecule has 19 heavy (non-hydrogen) atoms. The van der Waals surface area contributed by atoms with Crippen molar-refractivity contribution >= 4 is 23.2 Å². The normalized spacial score (nSPS) is 18.8. The number of thiazole rings is 1. The van der Waals surface area contributed by atoms with Crippen LogP contribution in [-0.2, 0) is 16.1 Å². The maximum absolute atomic E-state index is 12.0. The molecule has 2 heterocycles. The molecule has 1 saturated heterocycles. The zero-order valence-electron chi connectivity index (χ0n) is 10.7. The van der Waals surface area contributed by atoms with Gasteiger partial charge in [0.2, 0.25) is 5.91 Å². The SMILES string of the molecule is Cc1csc(=O)n1CCC(=O)N1CCCC1C(=O)O. The first kappa shape index (κ1) is 13.8. The van der Waals surface area contributed by atoms with Crippen LogP contribution in [-0.4, -0.2) is 39.0 Å². The van der Waals surface area contributed by atoms with Gasteiger partial charge in [0.1, 0.15) is 6.04 Å². The lowest BCUT2D eigenvalue weighted by Crippen LogP contribution is -2.40. The third-order valence-corrected chi connectivity index (χ3v) is 4.26. The van der Waals surface area contributed by atoms with Crippen LogP contribution in [0.15, 0.2) is 10.2 Å². The zero-order valence-corrected chi connectivity index (χ0v) is 11.5. The third-order valence-electron chi connectivity index (χ3n) is 3.38. The van der Waals surface area contributed by atoms with Crippen LogP contribution < -0.4 is 4.87 Å². The quantitative estimate of drug-likeness (QED) is 0.882. The fraction of sp³-hybridized carbons (Fsp3) is 0.583. The van der Waals surface area contributed by atoms with Gasteiger partial charge in [-0.05, 0) is 19.8 Å². The molecule has 104 valence electrons. The lowest BCUT2D eigenvalue weighted by Gasteiger charge is -2.21. The van der Waals surface area contributed by atoms with Crippen molar-refractivity contribution in [3.05, 3.63) is 20.7 Å². The summed E-state index contributed by atoms with van der Waals surface area (Å²) in [5.41, 5.74) is 0.832. The van der Waals surface area contributed by atoms with Crippen LogP contribution in [0.2, 0.25) is 0 Å². The van der Waals surface area contributed by atoms with E-state index in [2.05, 4.69) is 0 Å². The maximum atomic E-state index is 12.0. The molecule has 1 fully saturated rings. The van der Waals surface area contributed by atoms with Crippen molar-refractivity contribution in [2.75, 3.05) is 6.54 Å². The molecule has 1 aromatic rings. The van der Waals surface area contributed by atoms with Gasteiger partial charge in [0, 0.05) is 30.6 Å². The molecule has 0 spiro atoms. The molecule has 1 unspecified atom stereocenters. The van der Waals surface area contributed by atoms with Crippen molar-refractivity contribution in [2.45, 2.75) is 38.8 Å². The predicted octanol–water partition coefficient (Wildman–Crippen LogP) is 0.684. The number of carboxylic acid groups (broad SMARTS) is 1. The Hall–Kier alpha value is -1.63. The summed E-state index contributed by atoms with van der Waals surface area (Å²) in [7, 11) is 0. The second kappa shape index (κ2) is 5.56. The van der Waals surface area contributed by atoms with E-state index in [9.17, 15) is 14.4 Å². The van der Waals surface area contributed by atoms with Gasteiger partial charge >= 0.3 is 10.8 Å². The number of rotatable bonds is 4. The maximum Gasteiger partial charge on any atom is 0.326 e. The largest absolute Gasteiger partial charge is 0.480 e. The zero-order chi connectivity index (χ0) is 14.0. The molecular formula is C12H16N2O4S. The van der Waals surface area contributed by atoms with Crippen LogP contribution >= 0.6 is 11.3 Å². The molecule has 1 aliphatic rings. The van der Waals surface area contributed by atoms with Crippen molar-refractivity contribution in [3.63, 3.8) is 0 Å². The fourth-order valence-electron chi connectivity index (χ4n) is 2.35. The van der Waals surface area contributed by atoms with Crippen LogP contribution in [0.25, 0.3) is 0 Å². The van der Waals surface area contributed by atoms with Crippen LogP contribution in [0.3, 0.4) is 0 Å². The second-order valence-corrected chi connectivity index (χ2v) is 5.45. The van der Waals surface area contributed by atoms with E-state index < -0.39 is 12.0 Å². The van der Waals surface area contributed by atoms with Crippen LogP contribution in [0.5, 0.6) is 0 Å². The monoisotopic (exact) mass is 284 g/mol. The highest BCUT2D eigenvalue weighted by molar-refractivity contribution is 7.07. The fourth-order valence-corrected chi connectivity index (χ4v) is 3.11. The number of hydrogen-bond acceptors (Lipinski definition) is 4. The van der Waals surface area contributed by atoms with Crippen molar-refractivity contribution in [3.8, 4) is 0 Å². The molecule has 0 radical (unpaired) electrons. The minimum absolute atomic E-state index is 0.0819. The van der Waals surface area contributed by atoms with Crippen LogP contribution in [0.4, 0.5) is 0 Å². The van der Waals surface area contributed by atoms with E-state index in [1.807, 2.05) is 6.92 Å². The highest BCUT2D eigenvalue weighted by Crippen LogP contribution is 2.18. The highest BCUT2D eigenvalue weighted by atomic mass is 32.1. The Morgan fingerprint density at radius 1 is 1.53 bits per heavy atom. The first-order chi connectivity index (χ1) is 9.00. The molecular weight excluding hydrogens is 268 g/mol. The van der Waals surface area contributed by atoms with Gasteiger partial charge in [0.05, 0.1) is 0 Å². The van der Waals surface area contributed by atoms with E-state index in [4.69, 9.17) is 5.11 Å². The van der Waals surface area contributed by atoms with Crippen molar-refractivity contribution in [1.29, 1.82) is 0 Å². The average Bonchev–Trinajstić information content (AvgIpc) is 2.95. The Balaban J connectivity index is 1.98. The predicted molar refractivity (Wildman–Crippen MR) is 70.3 cm³/mol. The van der Waals surface area contributed by atoms with Crippen LogP contribution in [0, 0.1) is 6.92 Å². The molecule has 1 amide bonds. The number of hydrogen-bond donors (Lipinski definition) is 1. The van der Waals surface area contributed by atoms with Gasteiger partial charge in [-0.1, -0.05) is 11.3 Å². The standard InChI is InChI=1S/C12H16N2O4S/c1-8-7-19-12(18)13(8)6-4-10(15)14-5-2-3-9(14)11(16)17/h7,9H,2-6H2,1H3,(H,16,17). The summed E-state index contributed by atoms with van der Waals surface area (Å²) >= 11 is 1.11. The van der Waals surface area contributed by atoms with E-state index >= 15 is 0 Å². The van der Waals surface area contributed by atoms with Gasteiger partial charge in [-0.25, -0.2) is 4.79 Å². The molecule has 1 aliphatic heterocycles. The molecule has 0 aromatic carbocycles. The number of aliphatic carboxylic acids is 1. The number of nitrogens with zero attached hydrogens (tertiary/aromatic N) is 2. The van der Waals surface area contributed by atoms with Gasteiger partial charge in [-0.2, -0.15) is 0 Å². The average molecular weight is 284 g/mol. The number of carbonyl (C=O) groups excluding carboxylic acids is 1. The summed E-state index contributed by atoms with van der Waals surface area (Å²) in [6, 6.07) is -0.701. The lowest BCUT2D eigenvalue weighted by molar-refractivity contribution is -0.148. The minimum atomic E-state index is -0.949. The molecule has 0 bridgehead atoms. The Morgan fingerprint density at radius 3 is 2.84 bits per heavy atom. The second-order valence-electron chi connectivity index (χ2n) is 4.63. The van der Waals surface area contributed by atoms with E-state index in [-0.39, 0.29) is 17.2 Å². The Bertz CT molecular complexity index is 548. The summed E-state index contributed by atoms with van der Waals surface area (Å²) in [5.74, 6) is -1.14. The molecule has 1 N–H and O–H groups in total. The minimum Gasteiger partial charge on any atom is -0.480 e. The molecule has 0 aliphatic carbocycles. The van der Waals surface area contributed by atoms with Gasteiger partial charge in [0.15, 0.2) is 0 Å². The van der Waals surface area contributed by atoms with Crippen molar-refractivity contribution < 1.29 is 14.7 Å². The molecule has 7 heteroatoms. The highest BCUT2D eigenvalue weighted by Gasteiger charge is 2.33. The first-order valence-electron chi connectivity index (χ1n) is 6.18. The third kappa shape index (κ3) is 2.86. The summed E-state index contributed by atoms with van der Waals surface area (Å²) in [6.45, 7) is 2.63. The number of carbonyl (C=O) groups is 2. The Kier molecular flexibility index (Phi) is 4.04. The summed E-state index contributed by atoms with van der Waals surface area (Å²) in [4.78, 5) is 35.9. The van der Waals surface area contributed by atoms with Crippen molar-refractivity contribution in [2.24, 2.45) is 0 Å². The number of carboxylic acids is 1. The van der Waals surface area contributed by atoms with Gasteiger partial charge in [-0.3, -0.25) is 9.59 Å². The lowest BCUT2D eigenvalue weighted by atomic mass is 10.2. The van der Waals surface area contributed by atoms with E-state index in [0.717, 1.165) is 23.5 Å². The van der Waals surface area contributed by atoms with E-state index in [0.29, 0.717) is 19.5 Å². The van der Waals surface area contributed by atoms with Gasteiger partial charge in [0.25, 0.3) is 0 Å². The van der Waals surface area contributed by atoms with Gasteiger partial charge < -0.3 is 14.6 Å². The molecule has 0 saturated carbocycles. The van der Waals surface area contributed by atoms with E-state index in [1.165, 1.54) is 4.90 Å². The number of likely N-dealkylation sites (tertiary alicyclic amines) is 1. The number of amides is 1.